The molecule has 192 valence electrons. The molecule has 0 spiro atoms. The van der Waals surface area contributed by atoms with Crippen LogP contribution in [-0.4, -0.2) is 65.4 Å². The van der Waals surface area contributed by atoms with Gasteiger partial charge in [0.1, 0.15) is 11.4 Å². The van der Waals surface area contributed by atoms with Gasteiger partial charge in [0.15, 0.2) is 6.29 Å². The second-order valence-electron chi connectivity index (χ2n) is 10.3. The molecule has 0 bridgehead atoms. The molecule has 0 aliphatic carbocycles. The second kappa shape index (κ2) is 9.24. The molecule has 36 heavy (non-hydrogen) atoms. The summed E-state index contributed by atoms with van der Waals surface area (Å²) in [7, 11) is -3.94. The van der Waals surface area contributed by atoms with Gasteiger partial charge in [0.2, 0.25) is 0 Å². The van der Waals surface area contributed by atoms with Crippen LogP contribution in [0.4, 0.5) is 10.6 Å². The number of aldehydes is 1. The van der Waals surface area contributed by atoms with E-state index in [1.165, 1.54) is 6.20 Å². The van der Waals surface area contributed by atoms with Gasteiger partial charge in [0.25, 0.3) is 10.0 Å². The highest BCUT2D eigenvalue weighted by molar-refractivity contribution is 7.90. The van der Waals surface area contributed by atoms with E-state index in [-0.39, 0.29) is 28.6 Å². The zero-order chi connectivity index (χ0) is 26.4. The lowest BCUT2D eigenvalue weighted by Gasteiger charge is -2.44. The zero-order valence-corrected chi connectivity index (χ0v) is 22.2. The first-order chi connectivity index (χ1) is 16.8. The Labute approximate surface area is 211 Å². The number of pyridine rings is 1. The Morgan fingerprint density at radius 2 is 1.75 bits per heavy atom. The highest BCUT2D eigenvalue weighted by atomic mass is 32.2. The van der Waals surface area contributed by atoms with E-state index in [1.54, 1.807) is 41.4 Å². The number of aromatic nitrogens is 2. The molecule has 2 atom stereocenters. The lowest BCUT2D eigenvalue weighted by molar-refractivity contribution is 0.0130. The fourth-order valence-electron chi connectivity index (χ4n) is 4.49. The van der Waals surface area contributed by atoms with Gasteiger partial charge in [-0.3, -0.25) is 4.79 Å². The van der Waals surface area contributed by atoms with Gasteiger partial charge in [0.05, 0.1) is 15.8 Å². The van der Waals surface area contributed by atoms with Crippen molar-refractivity contribution in [3.63, 3.8) is 0 Å². The highest BCUT2D eigenvalue weighted by Crippen LogP contribution is 2.34. The van der Waals surface area contributed by atoms with Crippen molar-refractivity contribution in [2.75, 3.05) is 18.0 Å². The molecule has 1 aromatic carbocycles. The minimum Gasteiger partial charge on any atom is -0.444 e. The molecule has 4 rings (SSSR count). The van der Waals surface area contributed by atoms with Gasteiger partial charge < -0.3 is 14.5 Å². The van der Waals surface area contributed by atoms with Crippen LogP contribution in [0, 0.1) is 6.92 Å². The number of ether oxygens (including phenoxy) is 1. The summed E-state index contributed by atoms with van der Waals surface area (Å²) in [6.07, 6.45) is 3.17. The number of amides is 1. The summed E-state index contributed by atoms with van der Waals surface area (Å²) in [6.45, 7) is 12.1. The summed E-state index contributed by atoms with van der Waals surface area (Å²) in [4.78, 5) is 33.2. The Kier molecular flexibility index (Phi) is 6.59. The molecule has 1 fully saturated rings. The molecule has 0 radical (unpaired) electrons. The largest absolute Gasteiger partial charge is 0.444 e. The van der Waals surface area contributed by atoms with Gasteiger partial charge in [-0.1, -0.05) is 17.7 Å². The molecule has 1 aliphatic heterocycles. The molecule has 3 aromatic rings. The third-order valence-electron chi connectivity index (χ3n) is 6.28. The van der Waals surface area contributed by atoms with E-state index < -0.39 is 15.6 Å². The number of nitrogens with zero attached hydrogens (tertiary/aromatic N) is 4. The van der Waals surface area contributed by atoms with Crippen LogP contribution < -0.4 is 4.90 Å². The van der Waals surface area contributed by atoms with E-state index in [1.807, 2.05) is 46.4 Å². The summed E-state index contributed by atoms with van der Waals surface area (Å²) >= 11 is 0. The molecule has 9 nitrogen and oxygen atoms in total. The molecule has 1 aliphatic rings. The number of carbonyl (C=O) groups is 2. The highest BCUT2D eigenvalue weighted by Gasteiger charge is 2.36. The molecule has 1 amide bonds. The fraction of sp³-hybridized carbons (Fsp3) is 0.423. The predicted molar refractivity (Wildman–Crippen MR) is 138 cm³/mol. The number of benzene rings is 1. The van der Waals surface area contributed by atoms with E-state index in [4.69, 9.17) is 4.74 Å². The first-order valence-electron chi connectivity index (χ1n) is 11.9. The molecule has 0 saturated carbocycles. The summed E-state index contributed by atoms with van der Waals surface area (Å²) in [5.74, 6) is 0.510. The van der Waals surface area contributed by atoms with E-state index in [9.17, 15) is 18.0 Å². The Bertz CT molecular complexity index is 1410. The van der Waals surface area contributed by atoms with Crippen LogP contribution >= 0.6 is 0 Å². The van der Waals surface area contributed by atoms with Crippen molar-refractivity contribution >= 4 is 39.1 Å². The maximum atomic E-state index is 13.5. The van der Waals surface area contributed by atoms with Crippen molar-refractivity contribution in [1.82, 2.24) is 13.9 Å². The predicted octanol–water partition coefficient (Wildman–Crippen LogP) is 4.23. The fourth-order valence-corrected chi connectivity index (χ4v) is 5.86. The number of hydrogen-bond donors (Lipinski definition) is 0. The SMILES string of the molecule is Cc1ccc(S(=O)(=O)n2cc(C=O)c3c(N4CC(C)N(C(=O)OC(C)(C)C)CC4C)nccc32)cc1. The summed E-state index contributed by atoms with van der Waals surface area (Å²) < 4.78 is 33.7. The van der Waals surface area contributed by atoms with E-state index >= 15 is 0 Å². The van der Waals surface area contributed by atoms with Crippen LogP contribution in [0.1, 0.15) is 50.5 Å². The van der Waals surface area contributed by atoms with Gasteiger partial charge >= 0.3 is 6.09 Å². The third kappa shape index (κ3) is 4.69. The zero-order valence-electron chi connectivity index (χ0n) is 21.4. The van der Waals surface area contributed by atoms with Crippen molar-refractivity contribution in [2.24, 2.45) is 0 Å². The van der Waals surface area contributed by atoms with Gasteiger partial charge in [-0.05, 0) is 59.7 Å². The molecule has 2 aromatic heterocycles. The van der Waals surface area contributed by atoms with Crippen molar-refractivity contribution in [3.8, 4) is 0 Å². The average molecular weight is 513 g/mol. The smallest absolute Gasteiger partial charge is 0.410 e. The second-order valence-corrected chi connectivity index (χ2v) is 12.1. The maximum Gasteiger partial charge on any atom is 0.410 e. The molecule has 3 heterocycles. The first-order valence-corrected chi connectivity index (χ1v) is 13.3. The van der Waals surface area contributed by atoms with Crippen LogP contribution in [0.2, 0.25) is 0 Å². The summed E-state index contributed by atoms with van der Waals surface area (Å²) in [6, 6.07) is 7.84. The van der Waals surface area contributed by atoms with Gasteiger partial charge in [0, 0.05) is 43.1 Å². The number of rotatable bonds is 4. The summed E-state index contributed by atoms with van der Waals surface area (Å²) in [5.41, 5.74) is 0.949. The van der Waals surface area contributed by atoms with E-state index in [0.717, 1.165) is 9.54 Å². The summed E-state index contributed by atoms with van der Waals surface area (Å²) in [5, 5.41) is 0.466. The number of fused-ring (bicyclic) bond motifs is 1. The monoisotopic (exact) mass is 512 g/mol. The Balaban J connectivity index is 1.75. The van der Waals surface area contributed by atoms with Crippen molar-refractivity contribution in [2.45, 2.75) is 64.1 Å². The number of piperazine rings is 1. The van der Waals surface area contributed by atoms with E-state index in [0.29, 0.717) is 36.1 Å². The molecule has 0 N–H and O–H groups in total. The van der Waals surface area contributed by atoms with Crippen LogP contribution in [0.5, 0.6) is 0 Å². The standard InChI is InChI=1S/C26H32N4O5S/c1-17-7-9-21(10-8-17)36(33,34)30-15-20(16-31)23-22(30)11-12-27-24(23)28-13-19(3)29(14-18(28)2)25(32)35-26(4,5)6/h7-12,15-16,18-19H,13-14H2,1-6H3. The topological polar surface area (TPSA) is 102 Å². The minimum absolute atomic E-state index is 0.133. The number of hydrogen-bond acceptors (Lipinski definition) is 7. The molecular weight excluding hydrogens is 480 g/mol. The number of anilines is 1. The van der Waals surface area contributed by atoms with Crippen LogP contribution in [0.15, 0.2) is 47.6 Å². The average Bonchev–Trinajstić information content (AvgIpc) is 3.19. The van der Waals surface area contributed by atoms with Crippen LogP contribution in [0.25, 0.3) is 10.9 Å². The van der Waals surface area contributed by atoms with Crippen LogP contribution in [-0.2, 0) is 14.8 Å². The van der Waals surface area contributed by atoms with E-state index in [2.05, 4.69) is 4.98 Å². The Hall–Kier alpha value is -3.40. The van der Waals surface area contributed by atoms with Crippen molar-refractivity contribution in [3.05, 3.63) is 53.9 Å². The van der Waals surface area contributed by atoms with Crippen LogP contribution in [0.3, 0.4) is 0 Å². The van der Waals surface area contributed by atoms with Gasteiger partial charge in [-0.25, -0.2) is 22.2 Å². The van der Waals surface area contributed by atoms with Gasteiger partial charge in [-0.15, -0.1) is 0 Å². The lowest BCUT2D eigenvalue weighted by Crippen LogP contribution is -2.59. The number of aryl methyl sites for hydroxylation is 1. The van der Waals surface area contributed by atoms with Gasteiger partial charge in [-0.2, -0.15) is 0 Å². The maximum absolute atomic E-state index is 13.5. The molecular formula is C26H32N4O5S. The minimum atomic E-state index is -3.94. The molecule has 2 unspecified atom stereocenters. The van der Waals surface area contributed by atoms with Crippen molar-refractivity contribution in [1.29, 1.82) is 0 Å². The Morgan fingerprint density at radius 3 is 2.36 bits per heavy atom. The number of carbonyl (C=O) groups excluding carboxylic acids is 2. The van der Waals surface area contributed by atoms with Crippen molar-refractivity contribution < 1.29 is 22.7 Å². The third-order valence-corrected chi connectivity index (χ3v) is 7.97. The first kappa shape index (κ1) is 25.7. The normalized spacial score (nSPS) is 18.9. The Morgan fingerprint density at radius 1 is 1.08 bits per heavy atom. The molecule has 10 heteroatoms. The quantitative estimate of drug-likeness (QED) is 0.482. The molecule has 1 saturated heterocycles. The lowest BCUT2D eigenvalue weighted by atomic mass is 10.1.